The first-order valence-corrected chi connectivity index (χ1v) is 8.28. The first-order valence-electron chi connectivity index (χ1n) is 6.80. The van der Waals surface area contributed by atoms with Crippen molar-refractivity contribution < 1.29 is 8.42 Å². The lowest BCUT2D eigenvalue weighted by atomic mass is 10.2. The molecule has 0 aliphatic heterocycles. The number of sulfonamides is 1. The Morgan fingerprint density at radius 2 is 1.61 bits per heavy atom. The maximum atomic E-state index is 12.5. The van der Waals surface area contributed by atoms with Crippen LogP contribution in [0.4, 0.5) is 11.6 Å². The fraction of sp³-hybridized carbons (Fsp3) is 0.267. The number of nitrogens with zero attached hydrogens (tertiary/aromatic N) is 4. The van der Waals surface area contributed by atoms with Gasteiger partial charge in [0.1, 0.15) is 0 Å². The highest BCUT2D eigenvalue weighted by atomic mass is 32.2. The summed E-state index contributed by atoms with van der Waals surface area (Å²) < 4.78 is 27.4. The van der Waals surface area contributed by atoms with Crippen LogP contribution in [0.1, 0.15) is 17.0 Å². The zero-order valence-electron chi connectivity index (χ0n) is 13.3. The van der Waals surface area contributed by atoms with Gasteiger partial charge in [0.2, 0.25) is 5.95 Å². The summed E-state index contributed by atoms with van der Waals surface area (Å²) in [6.07, 6.45) is 0. The molecule has 2 rings (SSSR count). The minimum Gasteiger partial charge on any atom is -0.347 e. The Morgan fingerprint density at radius 3 is 2.04 bits per heavy atom. The maximum absolute atomic E-state index is 12.5. The fourth-order valence-corrected chi connectivity index (χ4v) is 3.12. The second kappa shape index (κ2) is 6.22. The SMILES string of the molecule is Cc1nc(N(C)C)nc(C)c1NS(=O)(=O)c1ccc(C#N)cc1. The standard InChI is InChI=1S/C15H17N5O2S/c1-10-14(11(2)18-15(17-10)20(3)4)19-23(21,22)13-7-5-12(9-16)6-8-13/h5-8,19H,1-4H3. The van der Waals surface area contributed by atoms with E-state index in [1.807, 2.05) is 20.2 Å². The van der Waals surface area contributed by atoms with Crippen LogP contribution in [0, 0.1) is 25.2 Å². The van der Waals surface area contributed by atoms with Crippen LogP contribution in [0.25, 0.3) is 0 Å². The molecule has 1 heterocycles. The summed E-state index contributed by atoms with van der Waals surface area (Å²) in [4.78, 5) is 10.4. The van der Waals surface area contributed by atoms with Gasteiger partial charge in [-0.3, -0.25) is 4.72 Å². The molecule has 0 aliphatic rings. The first kappa shape index (κ1) is 16.7. The Bertz CT molecular complexity index is 845. The van der Waals surface area contributed by atoms with Gasteiger partial charge < -0.3 is 4.90 Å². The molecule has 0 radical (unpaired) electrons. The Morgan fingerprint density at radius 1 is 1.09 bits per heavy atom. The molecule has 23 heavy (non-hydrogen) atoms. The third-order valence-corrected chi connectivity index (χ3v) is 4.55. The molecule has 1 aromatic heterocycles. The van der Waals surface area contributed by atoms with E-state index in [0.29, 0.717) is 28.6 Å². The summed E-state index contributed by atoms with van der Waals surface area (Å²) >= 11 is 0. The highest BCUT2D eigenvalue weighted by Gasteiger charge is 2.18. The molecular formula is C15H17N5O2S. The van der Waals surface area contributed by atoms with Gasteiger partial charge in [0.15, 0.2) is 0 Å². The summed E-state index contributed by atoms with van der Waals surface area (Å²) in [7, 11) is -0.141. The van der Waals surface area contributed by atoms with Gasteiger partial charge >= 0.3 is 0 Å². The number of rotatable bonds is 4. The second-order valence-electron chi connectivity index (χ2n) is 5.21. The van der Waals surface area contributed by atoms with Gasteiger partial charge in [0.05, 0.1) is 33.6 Å². The van der Waals surface area contributed by atoms with Gasteiger partial charge in [0.25, 0.3) is 10.0 Å². The average molecular weight is 331 g/mol. The van der Waals surface area contributed by atoms with Crippen molar-refractivity contribution in [3.05, 3.63) is 41.2 Å². The number of anilines is 2. The van der Waals surface area contributed by atoms with Crippen LogP contribution in [-0.4, -0.2) is 32.5 Å². The van der Waals surface area contributed by atoms with Crippen LogP contribution in [0.3, 0.4) is 0 Å². The minimum atomic E-state index is -3.77. The summed E-state index contributed by atoms with van der Waals surface area (Å²) in [5, 5.41) is 8.77. The molecule has 0 atom stereocenters. The predicted octanol–water partition coefficient (Wildman–Crippen LogP) is 1.83. The largest absolute Gasteiger partial charge is 0.347 e. The monoisotopic (exact) mass is 331 g/mol. The number of nitriles is 1. The van der Waals surface area contributed by atoms with E-state index in [1.54, 1.807) is 18.7 Å². The van der Waals surface area contributed by atoms with Gasteiger partial charge in [0, 0.05) is 14.1 Å². The normalized spacial score (nSPS) is 10.9. The highest BCUT2D eigenvalue weighted by Crippen LogP contribution is 2.23. The molecule has 7 nitrogen and oxygen atoms in total. The summed E-state index contributed by atoms with van der Waals surface area (Å²) in [6.45, 7) is 3.44. The number of aromatic nitrogens is 2. The van der Waals surface area contributed by atoms with E-state index >= 15 is 0 Å². The topological polar surface area (TPSA) is 99.0 Å². The molecule has 0 fully saturated rings. The second-order valence-corrected chi connectivity index (χ2v) is 6.89. The van der Waals surface area contributed by atoms with Crippen LogP contribution in [0.2, 0.25) is 0 Å². The molecule has 0 aliphatic carbocycles. The summed E-state index contributed by atoms with van der Waals surface area (Å²) in [5.41, 5.74) is 1.84. The molecule has 0 amide bonds. The van der Waals surface area contributed by atoms with Crippen LogP contribution in [0.5, 0.6) is 0 Å². The zero-order valence-corrected chi connectivity index (χ0v) is 14.1. The third-order valence-electron chi connectivity index (χ3n) is 3.19. The number of nitrogens with one attached hydrogen (secondary N) is 1. The molecule has 1 N–H and O–H groups in total. The van der Waals surface area contributed by atoms with Crippen LogP contribution in [-0.2, 0) is 10.0 Å². The Hall–Kier alpha value is -2.66. The molecule has 2 aromatic rings. The minimum absolute atomic E-state index is 0.0759. The van der Waals surface area contributed by atoms with Crippen molar-refractivity contribution in [3.8, 4) is 6.07 Å². The lowest BCUT2D eigenvalue weighted by molar-refractivity contribution is 0.601. The van der Waals surface area contributed by atoms with E-state index in [9.17, 15) is 8.42 Å². The Kier molecular flexibility index (Phi) is 4.52. The molecule has 0 spiro atoms. The van der Waals surface area contributed by atoms with E-state index in [-0.39, 0.29) is 4.90 Å². The lowest BCUT2D eigenvalue weighted by Crippen LogP contribution is -2.18. The van der Waals surface area contributed by atoms with Gasteiger partial charge in [-0.25, -0.2) is 18.4 Å². The molecule has 1 aromatic carbocycles. The van der Waals surface area contributed by atoms with Gasteiger partial charge in [-0.15, -0.1) is 0 Å². The van der Waals surface area contributed by atoms with Crippen molar-refractivity contribution in [1.82, 2.24) is 9.97 Å². The van der Waals surface area contributed by atoms with Crippen LogP contribution in [0.15, 0.2) is 29.2 Å². The first-order chi connectivity index (χ1) is 10.7. The molecule has 0 bridgehead atoms. The predicted molar refractivity (Wildman–Crippen MR) is 87.8 cm³/mol. The molecule has 0 saturated carbocycles. The Balaban J connectivity index is 2.39. The molecule has 120 valence electrons. The van der Waals surface area contributed by atoms with Crippen LogP contribution < -0.4 is 9.62 Å². The molecular weight excluding hydrogens is 314 g/mol. The summed E-state index contributed by atoms with van der Waals surface area (Å²) in [6, 6.07) is 7.65. The number of aryl methyl sites for hydroxylation is 2. The average Bonchev–Trinajstić information content (AvgIpc) is 2.50. The lowest BCUT2D eigenvalue weighted by Gasteiger charge is -2.16. The van der Waals surface area contributed by atoms with Crippen molar-refractivity contribution in [2.24, 2.45) is 0 Å². The highest BCUT2D eigenvalue weighted by molar-refractivity contribution is 7.92. The van der Waals surface area contributed by atoms with Gasteiger partial charge in [-0.05, 0) is 38.1 Å². The van der Waals surface area contributed by atoms with Crippen molar-refractivity contribution in [2.75, 3.05) is 23.7 Å². The molecule has 8 heteroatoms. The van der Waals surface area contributed by atoms with Gasteiger partial charge in [-0.2, -0.15) is 5.26 Å². The van der Waals surface area contributed by atoms with Crippen molar-refractivity contribution >= 4 is 21.7 Å². The van der Waals surface area contributed by atoms with Crippen molar-refractivity contribution in [3.63, 3.8) is 0 Å². The number of benzene rings is 1. The van der Waals surface area contributed by atoms with E-state index in [2.05, 4.69) is 14.7 Å². The smallest absolute Gasteiger partial charge is 0.262 e. The van der Waals surface area contributed by atoms with E-state index in [4.69, 9.17) is 5.26 Å². The summed E-state index contributed by atoms with van der Waals surface area (Å²) in [5.74, 6) is 0.515. The number of hydrogen-bond acceptors (Lipinski definition) is 6. The van der Waals surface area contributed by atoms with E-state index < -0.39 is 10.0 Å². The van der Waals surface area contributed by atoms with E-state index in [1.165, 1.54) is 24.3 Å². The number of hydrogen-bond donors (Lipinski definition) is 1. The van der Waals surface area contributed by atoms with Crippen LogP contribution >= 0.6 is 0 Å². The van der Waals surface area contributed by atoms with Crippen molar-refractivity contribution in [2.45, 2.75) is 18.7 Å². The van der Waals surface area contributed by atoms with E-state index in [0.717, 1.165) is 0 Å². The maximum Gasteiger partial charge on any atom is 0.262 e. The van der Waals surface area contributed by atoms with Gasteiger partial charge in [-0.1, -0.05) is 0 Å². The third kappa shape index (κ3) is 3.57. The van der Waals surface area contributed by atoms with Crippen molar-refractivity contribution in [1.29, 1.82) is 5.26 Å². The quantitative estimate of drug-likeness (QED) is 0.917. The fourth-order valence-electron chi connectivity index (χ4n) is 1.95. The Labute approximate surface area is 135 Å². The zero-order chi connectivity index (χ0) is 17.2. The molecule has 0 unspecified atom stereocenters. The molecule has 0 saturated heterocycles.